The van der Waals surface area contributed by atoms with E-state index in [0.717, 1.165) is 23.4 Å². The number of phenolic OH excluding ortho intramolecular Hbond substituents is 1. The average molecular weight is 371 g/mol. The average Bonchev–Trinajstić information content (AvgIpc) is 2.59. The van der Waals surface area contributed by atoms with Crippen LogP contribution in [0.5, 0.6) is 11.5 Å². The van der Waals surface area contributed by atoms with Crippen LogP contribution in [0.1, 0.15) is 36.5 Å². The van der Waals surface area contributed by atoms with Crippen molar-refractivity contribution in [2.24, 2.45) is 5.10 Å². The highest BCUT2D eigenvalue weighted by molar-refractivity contribution is 5.87. The lowest BCUT2D eigenvalue weighted by Crippen LogP contribution is -2.25. The lowest BCUT2D eigenvalue weighted by Gasteiger charge is -2.14. The summed E-state index contributed by atoms with van der Waals surface area (Å²) in [6.45, 7) is 5.75. The molecule has 0 aromatic heterocycles. The van der Waals surface area contributed by atoms with E-state index in [2.05, 4.69) is 10.5 Å². The summed E-state index contributed by atoms with van der Waals surface area (Å²) in [5.41, 5.74) is 4.10. The van der Waals surface area contributed by atoms with Gasteiger partial charge in [0, 0.05) is 6.07 Å². The number of hydrogen-bond donors (Lipinski definition) is 2. The fraction of sp³-hybridized carbons (Fsp3) is 0.263. The van der Waals surface area contributed by atoms with Crippen LogP contribution >= 0.6 is 0 Å². The van der Waals surface area contributed by atoms with E-state index in [1.165, 1.54) is 12.1 Å². The minimum atomic E-state index is -0.600. The molecule has 2 aromatic carbocycles. The summed E-state index contributed by atoms with van der Waals surface area (Å²) < 4.78 is 5.59. The molecule has 0 saturated carbocycles. The van der Waals surface area contributed by atoms with E-state index < -0.39 is 10.8 Å². The fourth-order valence-electron chi connectivity index (χ4n) is 2.40. The molecule has 1 amide bonds. The number of aryl methyl sites for hydroxylation is 1. The molecule has 142 valence electrons. The number of rotatable bonds is 7. The van der Waals surface area contributed by atoms with Gasteiger partial charge < -0.3 is 9.84 Å². The third kappa shape index (κ3) is 5.53. The molecule has 0 spiro atoms. The fourth-order valence-corrected chi connectivity index (χ4v) is 2.40. The van der Waals surface area contributed by atoms with Gasteiger partial charge in [-0.05, 0) is 42.2 Å². The molecule has 0 saturated heterocycles. The van der Waals surface area contributed by atoms with Gasteiger partial charge in [-0.25, -0.2) is 5.43 Å². The summed E-state index contributed by atoms with van der Waals surface area (Å²) in [7, 11) is 0. The van der Waals surface area contributed by atoms with Crippen molar-refractivity contribution >= 4 is 17.8 Å². The summed E-state index contributed by atoms with van der Waals surface area (Å²) in [4.78, 5) is 22.3. The molecule has 2 N–H and O–H groups in total. The van der Waals surface area contributed by atoms with Gasteiger partial charge in [0.15, 0.2) is 6.61 Å². The Balaban J connectivity index is 2.00. The molecule has 0 atom stereocenters. The molecule has 0 aliphatic rings. The molecule has 0 fully saturated rings. The number of carbonyl (C=O) groups excluding carboxylic acids is 1. The highest BCUT2D eigenvalue weighted by Crippen LogP contribution is 2.27. The van der Waals surface area contributed by atoms with Crippen LogP contribution in [0.25, 0.3) is 0 Å². The zero-order valence-corrected chi connectivity index (χ0v) is 15.3. The molecular formula is C19H21N3O5. The largest absolute Gasteiger partial charge is 0.508 e. The number of nitrogens with zero attached hydrogens (tertiary/aromatic N) is 2. The monoisotopic (exact) mass is 371 g/mol. The number of ether oxygens (including phenoxy) is 1. The van der Waals surface area contributed by atoms with Gasteiger partial charge in [-0.3, -0.25) is 14.9 Å². The number of nitrogens with one attached hydrogen (secondary N) is 1. The second kappa shape index (κ2) is 8.79. The van der Waals surface area contributed by atoms with E-state index in [1.807, 2.05) is 39.0 Å². The van der Waals surface area contributed by atoms with Crippen LogP contribution in [-0.2, 0) is 4.79 Å². The van der Waals surface area contributed by atoms with E-state index >= 15 is 0 Å². The van der Waals surface area contributed by atoms with Crippen LogP contribution in [-0.4, -0.2) is 28.8 Å². The number of benzene rings is 2. The number of amides is 1. The first-order valence-corrected chi connectivity index (χ1v) is 8.30. The van der Waals surface area contributed by atoms with Crippen LogP contribution in [0.2, 0.25) is 0 Å². The van der Waals surface area contributed by atoms with Crippen LogP contribution in [0.4, 0.5) is 5.69 Å². The van der Waals surface area contributed by atoms with Crippen molar-refractivity contribution in [2.45, 2.75) is 26.7 Å². The lowest BCUT2D eigenvalue weighted by atomic mass is 10.0. The maximum absolute atomic E-state index is 11.9. The van der Waals surface area contributed by atoms with Gasteiger partial charge in [-0.15, -0.1) is 0 Å². The normalized spacial score (nSPS) is 11.0. The Morgan fingerprint density at radius 3 is 2.74 bits per heavy atom. The second-order valence-electron chi connectivity index (χ2n) is 6.28. The molecule has 0 aliphatic carbocycles. The van der Waals surface area contributed by atoms with Gasteiger partial charge in [-0.1, -0.05) is 26.0 Å². The minimum Gasteiger partial charge on any atom is -0.508 e. The van der Waals surface area contributed by atoms with Gasteiger partial charge in [-0.2, -0.15) is 5.10 Å². The molecule has 0 unspecified atom stereocenters. The van der Waals surface area contributed by atoms with E-state index in [9.17, 15) is 20.0 Å². The smallest absolute Gasteiger partial charge is 0.278 e. The van der Waals surface area contributed by atoms with Crippen molar-refractivity contribution in [3.63, 3.8) is 0 Å². The summed E-state index contributed by atoms with van der Waals surface area (Å²) in [5, 5.41) is 24.1. The van der Waals surface area contributed by atoms with E-state index in [-0.39, 0.29) is 29.5 Å². The molecule has 0 radical (unpaired) electrons. The van der Waals surface area contributed by atoms with Gasteiger partial charge >= 0.3 is 0 Å². The van der Waals surface area contributed by atoms with E-state index in [0.29, 0.717) is 5.75 Å². The van der Waals surface area contributed by atoms with Crippen LogP contribution in [0, 0.1) is 17.0 Å². The standard InChI is InChI=1S/C19H21N3O5/c1-12(2)16-6-4-13(3)8-18(16)27-11-19(24)21-20-10-14-9-15(23)5-7-17(14)22(25)26/h4-10,12,23H,11H2,1-3H3,(H,21,24)/b20-10-. The first-order chi connectivity index (χ1) is 12.8. The number of hydrazone groups is 1. The first-order valence-electron chi connectivity index (χ1n) is 8.30. The molecule has 27 heavy (non-hydrogen) atoms. The quantitative estimate of drug-likeness (QED) is 0.440. The summed E-state index contributed by atoms with van der Waals surface area (Å²) in [5.74, 6) is 0.225. The maximum Gasteiger partial charge on any atom is 0.278 e. The zero-order valence-electron chi connectivity index (χ0n) is 15.3. The highest BCUT2D eigenvalue weighted by atomic mass is 16.6. The summed E-state index contributed by atoms with van der Waals surface area (Å²) in [6, 6.07) is 9.36. The third-order valence-corrected chi connectivity index (χ3v) is 3.75. The lowest BCUT2D eigenvalue weighted by molar-refractivity contribution is -0.385. The van der Waals surface area contributed by atoms with Gasteiger partial charge in [0.1, 0.15) is 11.5 Å². The van der Waals surface area contributed by atoms with Crippen LogP contribution < -0.4 is 10.2 Å². The highest BCUT2D eigenvalue weighted by Gasteiger charge is 2.13. The third-order valence-electron chi connectivity index (χ3n) is 3.75. The molecule has 2 rings (SSSR count). The van der Waals surface area contributed by atoms with Gasteiger partial charge in [0.25, 0.3) is 11.6 Å². The van der Waals surface area contributed by atoms with Gasteiger partial charge in [0.2, 0.25) is 0 Å². The molecule has 2 aromatic rings. The molecule has 0 bridgehead atoms. The minimum absolute atomic E-state index is 0.0713. The van der Waals surface area contributed by atoms with E-state index in [1.54, 1.807) is 0 Å². The Labute approximate surface area is 156 Å². The van der Waals surface area contributed by atoms with Crippen molar-refractivity contribution in [3.05, 3.63) is 63.2 Å². The van der Waals surface area contributed by atoms with E-state index in [4.69, 9.17) is 4.74 Å². The maximum atomic E-state index is 11.9. The zero-order chi connectivity index (χ0) is 20.0. The Bertz CT molecular complexity index is 878. The second-order valence-corrected chi connectivity index (χ2v) is 6.28. The molecule has 0 heterocycles. The molecule has 8 heteroatoms. The molecule has 0 aliphatic heterocycles. The predicted molar refractivity (Wildman–Crippen MR) is 101 cm³/mol. The number of phenols is 1. The van der Waals surface area contributed by atoms with Crippen molar-refractivity contribution in [1.82, 2.24) is 5.43 Å². The predicted octanol–water partition coefficient (Wildman–Crippen LogP) is 3.26. The number of aromatic hydroxyl groups is 1. The van der Waals surface area contributed by atoms with Crippen molar-refractivity contribution in [1.29, 1.82) is 0 Å². The summed E-state index contributed by atoms with van der Waals surface area (Å²) in [6.07, 6.45) is 1.10. The Morgan fingerprint density at radius 1 is 1.33 bits per heavy atom. The van der Waals surface area contributed by atoms with Crippen molar-refractivity contribution in [3.8, 4) is 11.5 Å². The Hall–Kier alpha value is -3.42. The number of carbonyl (C=O) groups is 1. The topological polar surface area (TPSA) is 114 Å². The number of hydrogen-bond acceptors (Lipinski definition) is 6. The Kier molecular flexibility index (Phi) is 6.48. The van der Waals surface area contributed by atoms with Crippen LogP contribution in [0.15, 0.2) is 41.5 Å². The van der Waals surface area contributed by atoms with Gasteiger partial charge in [0.05, 0.1) is 16.7 Å². The first kappa shape index (κ1) is 19.9. The Morgan fingerprint density at radius 2 is 2.07 bits per heavy atom. The molecular weight excluding hydrogens is 350 g/mol. The SMILES string of the molecule is Cc1ccc(C(C)C)c(OCC(=O)N/N=C\c2cc(O)ccc2[N+](=O)[O-])c1. The van der Waals surface area contributed by atoms with Crippen molar-refractivity contribution in [2.75, 3.05) is 6.61 Å². The van der Waals surface area contributed by atoms with Crippen molar-refractivity contribution < 1.29 is 19.6 Å². The molecule has 8 nitrogen and oxygen atoms in total. The number of nitro groups is 1. The van der Waals surface area contributed by atoms with Crippen LogP contribution in [0.3, 0.4) is 0 Å². The number of nitro benzene ring substituents is 1. The summed E-state index contributed by atoms with van der Waals surface area (Å²) >= 11 is 0.